The molecule has 1 amide bonds. The number of carbonyl (C=O) groups is 1. The number of H-pyrrole nitrogens is 1. The highest BCUT2D eigenvalue weighted by molar-refractivity contribution is 6.08. The summed E-state index contributed by atoms with van der Waals surface area (Å²) >= 11 is 0. The summed E-state index contributed by atoms with van der Waals surface area (Å²) in [5, 5.41) is 13.9. The maximum atomic E-state index is 12.5. The van der Waals surface area contributed by atoms with E-state index in [0.29, 0.717) is 12.0 Å². The third-order valence-electron chi connectivity index (χ3n) is 4.23. The van der Waals surface area contributed by atoms with Gasteiger partial charge in [0.05, 0.1) is 11.7 Å². The molecule has 0 aliphatic carbocycles. The lowest BCUT2D eigenvalue weighted by Gasteiger charge is -2.12. The summed E-state index contributed by atoms with van der Waals surface area (Å²) in [6, 6.07) is 17.8. The summed E-state index contributed by atoms with van der Waals surface area (Å²) in [7, 11) is 0. The van der Waals surface area contributed by atoms with Crippen molar-refractivity contribution in [3.8, 4) is 0 Å². The predicted octanol–water partition coefficient (Wildman–Crippen LogP) is 3.20. The Morgan fingerprint density at radius 1 is 1.12 bits per heavy atom. The summed E-state index contributed by atoms with van der Waals surface area (Å²) in [6.07, 6.45) is 0.862. The van der Waals surface area contributed by atoms with Gasteiger partial charge in [-0.2, -0.15) is 0 Å². The standard InChI is InChI=1S/C20H22N2O2/c1-14-19(17-9-5-6-10-18(17)22-14)20(24)21-13-16(23)12-11-15-7-3-2-4-8-15/h2-10,16,22-23H,11-13H2,1H3,(H,21,24). The first-order valence-corrected chi connectivity index (χ1v) is 8.22. The van der Waals surface area contributed by atoms with Gasteiger partial charge >= 0.3 is 0 Å². The van der Waals surface area contributed by atoms with Gasteiger partial charge in [-0.25, -0.2) is 0 Å². The van der Waals surface area contributed by atoms with Gasteiger partial charge < -0.3 is 15.4 Å². The Morgan fingerprint density at radius 3 is 2.62 bits per heavy atom. The van der Waals surface area contributed by atoms with Crippen molar-refractivity contribution in [2.45, 2.75) is 25.9 Å². The number of aromatic nitrogens is 1. The summed E-state index contributed by atoms with van der Waals surface area (Å²) < 4.78 is 0. The first-order valence-electron chi connectivity index (χ1n) is 8.22. The van der Waals surface area contributed by atoms with E-state index in [-0.39, 0.29) is 12.5 Å². The highest BCUT2D eigenvalue weighted by atomic mass is 16.3. The zero-order valence-electron chi connectivity index (χ0n) is 13.8. The number of carbonyl (C=O) groups excluding carboxylic acids is 1. The Balaban J connectivity index is 1.57. The van der Waals surface area contributed by atoms with Gasteiger partial charge in [-0.1, -0.05) is 48.5 Å². The Kier molecular flexibility index (Phi) is 4.96. The number of amides is 1. The summed E-state index contributed by atoms with van der Waals surface area (Å²) in [4.78, 5) is 15.7. The first kappa shape index (κ1) is 16.3. The first-order chi connectivity index (χ1) is 11.6. The van der Waals surface area contributed by atoms with Crippen molar-refractivity contribution in [2.24, 2.45) is 0 Å². The maximum absolute atomic E-state index is 12.5. The van der Waals surface area contributed by atoms with E-state index in [2.05, 4.69) is 10.3 Å². The van der Waals surface area contributed by atoms with Crippen LogP contribution in [0.3, 0.4) is 0 Å². The average molecular weight is 322 g/mol. The fourth-order valence-electron chi connectivity index (χ4n) is 2.95. The third kappa shape index (κ3) is 3.66. The quantitative estimate of drug-likeness (QED) is 0.652. The molecule has 24 heavy (non-hydrogen) atoms. The van der Waals surface area contributed by atoms with Crippen molar-refractivity contribution in [1.29, 1.82) is 0 Å². The molecule has 1 heterocycles. The van der Waals surface area contributed by atoms with Crippen molar-refractivity contribution >= 4 is 16.8 Å². The molecule has 3 rings (SSSR count). The second kappa shape index (κ2) is 7.32. The number of nitrogens with one attached hydrogen (secondary N) is 2. The molecule has 1 atom stereocenters. The van der Waals surface area contributed by atoms with Gasteiger partial charge in [0.15, 0.2) is 0 Å². The van der Waals surface area contributed by atoms with Gasteiger partial charge in [-0.15, -0.1) is 0 Å². The van der Waals surface area contributed by atoms with Gasteiger partial charge in [0.25, 0.3) is 5.91 Å². The third-order valence-corrected chi connectivity index (χ3v) is 4.23. The predicted molar refractivity (Wildman–Crippen MR) is 96.1 cm³/mol. The van der Waals surface area contributed by atoms with Crippen molar-refractivity contribution < 1.29 is 9.90 Å². The molecule has 0 aliphatic heterocycles. The van der Waals surface area contributed by atoms with Crippen LogP contribution in [0, 0.1) is 6.92 Å². The molecule has 0 aliphatic rings. The van der Waals surface area contributed by atoms with Crippen LogP contribution in [0.15, 0.2) is 54.6 Å². The van der Waals surface area contributed by atoms with Crippen LogP contribution in [0.5, 0.6) is 0 Å². The van der Waals surface area contributed by atoms with E-state index in [9.17, 15) is 9.90 Å². The molecule has 4 nitrogen and oxygen atoms in total. The Labute approximate surface area is 141 Å². The Hall–Kier alpha value is -2.59. The smallest absolute Gasteiger partial charge is 0.253 e. The molecule has 3 aromatic rings. The molecule has 1 aromatic heterocycles. The molecule has 0 fully saturated rings. The molecular formula is C20H22N2O2. The molecule has 2 aromatic carbocycles. The molecule has 0 bridgehead atoms. The number of aliphatic hydroxyl groups is 1. The summed E-state index contributed by atoms with van der Waals surface area (Å²) in [6.45, 7) is 2.14. The fraction of sp³-hybridized carbons (Fsp3) is 0.250. The van der Waals surface area contributed by atoms with E-state index in [4.69, 9.17) is 0 Å². The molecule has 3 N–H and O–H groups in total. The number of fused-ring (bicyclic) bond motifs is 1. The second-order valence-electron chi connectivity index (χ2n) is 6.06. The minimum absolute atomic E-state index is 0.149. The zero-order valence-corrected chi connectivity index (χ0v) is 13.8. The fourth-order valence-corrected chi connectivity index (χ4v) is 2.95. The Bertz CT molecular complexity index is 824. The van der Waals surface area contributed by atoms with Gasteiger partial charge in [0.1, 0.15) is 0 Å². The second-order valence-corrected chi connectivity index (χ2v) is 6.06. The van der Waals surface area contributed by atoms with Gasteiger partial charge in [-0.3, -0.25) is 4.79 Å². The molecule has 0 radical (unpaired) electrons. The van der Waals surface area contributed by atoms with Crippen LogP contribution in [-0.2, 0) is 6.42 Å². The molecule has 124 valence electrons. The highest BCUT2D eigenvalue weighted by Gasteiger charge is 2.16. The topological polar surface area (TPSA) is 65.1 Å². The number of hydrogen-bond acceptors (Lipinski definition) is 2. The van der Waals surface area contributed by atoms with Crippen molar-refractivity contribution in [3.63, 3.8) is 0 Å². The Morgan fingerprint density at radius 2 is 1.83 bits per heavy atom. The van der Waals surface area contributed by atoms with E-state index in [1.165, 1.54) is 5.56 Å². The average Bonchev–Trinajstić information content (AvgIpc) is 2.94. The SMILES string of the molecule is Cc1[nH]c2ccccc2c1C(=O)NCC(O)CCc1ccccc1. The molecule has 1 unspecified atom stereocenters. The maximum Gasteiger partial charge on any atom is 0.253 e. The van der Waals surface area contributed by atoms with Crippen LogP contribution >= 0.6 is 0 Å². The molecule has 0 saturated carbocycles. The zero-order chi connectivity index (χ0) is 16.9. The molecular weight excluding hydrogens is 300 g/mol. The van der Waals surface area contributed by atoms with Crippen molar-refractivity contribution in [3.05, 3.63) is 71.4 Å². The number of hydrogen-bond donors (Lipinski definition) is 3. The van der Waals surface area contributed by atoms with E-state index >= 15 is 0 Å². The van der Waals surface area contributed by atoms with Crippen LogP contribution in [0.1, 0.15) is 28.0 Å². The van der Waals surface area contributed by atoms with E-state index in [1.54, 1.807) is 0 Å². The van der Waals surface area contributed by atoms with Crippen LogP contribution in [0.25, 0.3) is 10.9 Å². The van der Waals surface area contributed by atoms with Crippen LogP contribution in [-0.4, -0.2) is 28.6 Å². The van der Waals surface area contributed by atoms with Crippen LogP contribution in [0.2, 0.25) is 0 Å². The molecule has 0 spiro atoms. The lowest BCUT2D eigenvalue weighted by molar-refractivity contribution is 0.0912. The van der Waals surface area contributed by atoms with E-state index < -0.39 is 6.10 Å². The van der Waals surface area contributed by atoms with Crippen LogP contribution in [0.4, 0.5) is 0 Å². The minimum atomic E-state index is -0.556. The lowest BCUT2D eigenvalue weighted by atomic mass is 10.1. The van der Waals surface area contributed by atoms with E-state index in [0.717, 1.165) is 23.0 Å². The largest absolute Gasteiger partial charge is 0.391 e. The molecule has 0 saturated heterocycles. The number of rotatable bonds is 6. The molecule has 4 heteroatoms. The number of aromatic amines is 1. The van der Waals surface area contributed by atoms with Crippen molar-refractivity contribution in [1.82, 2.24) is 10.3 Å². The minimum Gasteiger partial charge on any atom is -0.391 e. The number of aryl methyl sites for hydroxylation is 2. The van der Waals surface area contributed by atoms with Gasteiger partial charge in [0, 0.05) is 23.1 Å². The van der Waals surface area contributed by atoms with Crippen LogP contribution < -0.4 is 5.32 Å². The number of aliphatic hydroxyl groups excluding tert-OH is 1. The highest BCUT2D eigenvalue weighted by Crippen LogP contribution is 2.21. The number of para-hydroxylation sites is 1. The summed E-state index contributed by atoms with van der Waals surface area (Å²) in [5.74, 6) is -0.149. The van der Waals surface area contributed by atoms with E-state index in [1.807, 2.05) is 61.5 Å². The summed E-state index contributed by atoms with van der Waals surface area (Å²) in [5.41, 5.74) is 3.63. The lowest BCUT2D eigenvalue weighted by Crippen LogP contribution is -2.32. The van der Waals surface area contributed by atoms with Gasteiger partial charge in [0.2, 0.25) is 0 Å². The monoisotopic (exact) mass is 322 g/mol. The number of benzene rings is 2. The van der Waals surface area contributed by atoms with Gasteiger partial charge in [-0.05, 0) is 31.4 Å². The van der Waals surface area contributed by atoms with Crippen molar-refractivity contribution in [2.75, 3.05) is 6.54 Å². The normalized spacial score (nSPS) is 12.2.